The van der Waals surface area contributed by atoms with Crippen LogP contribution < -0.4 is 10.6 Å². The number of carbonyl (C=O) groups is 1. The van der Waals surface area contributed by atoms with Crippen LogP contribution in [0, 0.1) is 11.3 Å². The highest BCUT2D eigenvalue weighted by Gasteiger charge is 2.57. The molecule has 0 aromatic heterocycles. The molecule has 1 spiro atoms. The van der Waals surface area contributed by atoms with E-state index in [4.69, 9.17) is 0 Å². The molecular weight excluding hydrogens is 309 g/mol. The van der Waals surface area contributed by atoms with Gasteiger partial charge in [-0.2, -0.15) is 0 Å². The van der Waals surface area contributed by atoms with Crippen molar-refractivity contribution in [3.8, 4) is 0 Å². The van der Waals surface area contributed by atoms with Gasteiger partial charge in [0.2, 0.25) is 5.91 Å². The Labute approximate surface area is 140 Å². The standard InChI is InChI=1S/C15H27N3O.2ClH/c1-2-18-9-3-4-12(11-18)17-14(19)13-10-15(13)5-7-16-8-6-15;;/h12-13,16H,2-11H2,1H3,(H,17,19);2*1H. The summed E-state index contributed by atoms with van der Waals surface area (Å²) in [5.41, 5.74) is 0.369. The number of likely N-dealkylation sites (tertiary alicyclic amines) is 1. The summed E-state index contributed by atoms with van der Waals surface area (Å²) in [6.07, 6.45) is 5.89. The van der Waals surface area contributed by atoms with Crippen molar-refractivity contribution >= 4 is 30.7 Å². The van der Waals surface area contributed by atoms with Gasteiger partial charge in [0.25, 0.3) is 0 Å². The van der Waals surface area contributed by atoms with Crippen molar-refractivity contribution in [2.45, 2.75) is 45.1 Å². The number of halogens is 2. The molecule has 0 radical (unpaired) electrons. The highest BCUT2D eigenvalue weighted by molar-refractivity contribution is 5.85. The van der Waals surface area contributed by atoms with Crippen molar-refractivity contribution in [3.05, 3.63) is 0 Å². The van der Waals surface area contributed by atoms with E-state index in [1.54, 1.807) is 0 Å². The molecule has 1 amide bonds. The van der Waals surface area contributed by atoms with E-state index < -0.39 is 0 Å². The van der Waals surface area contributed by atoms with Crippen LogP contribution in [0.4, 0.5) is 0 Å². The van der Waals surface area contributed by atoms with Crippen LogP contribution in [0.2, 0.25) is 0 Å². The first kappa shape index (κ1) is 19.0. The second-order valence-electron chi connectivity index (χ2n) is 6.61. The average molecular weight is 338 g/mol. The number of piperidine rings is 2. The lowest BCUT2D eigenvalue weighted by molar-refractivity contribution is -0.124. The third-order valence-electron chi connectivity index (χ3n) is 5.40. The molecule has 2 unspecified atom stereocenters. The zero-order chi connectivity index (χ0) is 13.3. The van der Waals surface area contributed by atoms with Gasteiger partial charge in [-0.3, -0.25) is 4.79 Å². The van der Waals surface area contributed by atoms with E-state index in [9.17, 15) is 4.79 Å². The van der Waals surface area contributed by atoms with Crippen LogP contribution in [-0.2, 0) is 4.79 Å². The van der Waals surface area contributed by atoms with Crippen molar-refractivity contribution < 1.29 is 4.79 Å². The van der Waals surface area contributed by atoms with E-state index in [0.29, 0.717) is 23.3 Å². The van der Waals surface area contributed by atoms with Crippen LogP contribution in [0.25, 0.3) is 0 Å². The number of nitrogens with zero attached hydrogens (tertiary/aromatic N) is 1. The Morgan fingerprint density at radius 1 is 1.33 bits per heavy atom. The minimum absolute atomic E-state index is 0. The zero-order valence-electron chi connectivity index (χ0n) is 12.9. The van der Waals surface area contributed by atoms with Crippen molar-refractivity contribution in [1.29, 1.82) is 0 Å². The SMILES string of the molecule is CCN1CCCC(NC(=O)C2CC23CCNCC3)C1.Cl.Cl. The maximum absolute atomic E-state index is 12.4. The lowest BCUT2D eigenvalue weighted by Crippen LogP contribution is -2.48. The maximum Gasteiger partial charge on any atom is 0.223 e. The summed E-state index contributed by atoms with van der Waals surface area (Å²) in [4.78, 5) is 14.8. The zero-order valence-corrected chi connectivity index (χ0v) is 14.5. The average Bonchev–Trinajstić information content (AvgIpc) is 3.13. The molecule has 0 bridgehead atoms. The molecule has 2 atom stereocenters. The maximum atomic E-state index is 12.4. The van der Waals surface area contributed by atoms with Gasteiger partial charge >= 0.3 is 0 Å². The Bertz CT molecular complexity index is 348. The number of nitrogens with one attached hydrogen (secondary N) is 2. The van der Waals surface area contributed by atoms with Crippen LogP contribution >= 0.6 is 24.8 Å². The molecule has 3 fully saturated rings. The highest BCUT2D eigenvalue weighted by Crippen LogP contribution is 2.58. The Morgan fingerprint density at radius 2 is 2.05 bits per heavy atom. The minimum Gasteiger partial charge on any atom is -0.352 e. The van der Waals surface area contributed by atoms with Crippen LogP contribution in [0.5, 0.6) is 0 Å². The predicted molar refractivity (Wildman–Crippen MR) is 90.4 cm³/mol. The molecule has 0 aromatic carbocycles. The molecule has 4 nitrogen and oxygen atoms in total. The summed E-state index contributed by atoms with van der Waals surface area (Å²) in [6, 6.07) is 0.389. The van der Waals surface area contributed by atoms with Gasteiger partial charge in [-0.1, -0.05) is 6.92 Å². The number of carbonyl (C=O) groups excluding carboxylic acids is 1. The molecule has 2 heterocycles. The van der Waals surface area contributed by atoms with E-state index in [2.05, 4.69) is 22.5 Å². The second kappa shape index (κ2) is 8.00. The molecule has 2 saturated heterocycles. The van der Waals surface area contributed by atoms with Crippen molar-refractivity contribution in [1.82, 2.24) is 15.5 Å². The van der Waals surface area contributed by atoms with E-state index in [1.165, 1.54) is 25.8 Å². The largest absolute Gasteiger partial charge is 0.352 e. The lowest BCUT2D eigenvalue weighted by Gasteiger charge is -2.32. The molecule has 1 saturated carbocycles. The summed E-state index contributed by atoms with van der Waals surface area (Å²) in [5, 5.41) is 6.71. The molecule has 124 valence electrons. The molecule has 2 N–H and O–H groups in total. The number of hydrogen-bond acceptors (Lipinski definition) is 3. The number of rotatable bonds is 3. The molecule has 2 aliphatic heterocycles. The lowest BCUT2D eigenvalue weighted by atomic mass is 9.91. The minimum atomic E-state index is 0. The van der Waals surface area contributed by atoms with Crippen molar-refractivity contribution in [2.75, 3.05) is 32.7 Å². The third-order valence-corrected chi connectivity index (χ3v) is 5.40. The molecule has 6 heteroatoms. The Balaban J connectivity index is 0.00000110. The summed E-state index contributed by atoms with van der Waals surface area (Å²) in [7, 11) is 0. The van der Waals surface area contributed by atoms with Gasteiger partial charge < -0.3 is 15.5 Å². The summed E-state index contributed by atoms with van der Waals surface area (Å²) in [6.45, 7) is 7.74. The molecule has 21 heavy (non-hydrogen) atoms. The Morgan fingerprint density at radius 3 is 2.71 bits per heavy atom. The summed E-state index contributed by atoms with van der Waals surface area (Å²) >= 11 is 0. The molecule has 0 aromatic rings. The van der Waals surface area contributed by atoms with Crippen molar-refractivity contribution in [2.24, 2.45) is 11.3 Å². The topological polar surface area (TPSA) is 44.4 Å². The summed E-state index contributed by atoms with van der Waals surface area (Å²) in [5.74, 6) is 0.649. The van der Waals surface area contributed by atoms with Gasteiger partial charge in [0, 0.05) is 18.5 Å². The Kier molecular flexibility index (Phi) is 7.25. The third kappa shape index (κ3) is 4.25. The van der Waals surface area contributed by atoms with Crippen molar-refractivity contribution in [3.63, 3.8) is 0 Å². The number of hydrogen-bond donors (Lipinski definition) is 2. The second-order valence-corrected chi connectivity index (χ2v) is 6.61. The van der Waals surface area contributed by atoms with E-state index in [1.807, 2.05) is 0 Å². The van der Waals surface area contributed by atoms with E-state index in [0.717, 1.165) is 39.0 Å². The highest BCUT2D eigenvalue weighted by atomic mass is 35.5. The van der Waals surface area contributed by atoms with Crippen LogP contribution in [0.3, 0.4) is 0 Å². The number of likely N-dealkylation sites (N-methyl/N-ethyl adjacent to an activating group) is 1. The van der Waals surface area contributed by atoms with Gasteiger partial charge in [-0.15, -0.1) is 24.8 Å². The number of amides is 1. The van der Waals surface area contributed by atoms with Gasteiger partial charge in [-0.05, 0) is 63.7 Å². The van der Waals surface area contributed by atoms with Gasteiger partial charge in [0.05, 0.1) is 0 Å². The predicted octanol–water partition coefficient (Wildman–Crippen LogP) is 1.82. The first-order valence-electron chi connectivity index (χ1n) is 7.97. The van der Waals surface area contributed by atoms with Gasteiger partial charge in [0.1, 0.15) is 0 Å². The molecule has 3 rings (SSSR count). The first-order chi connectivity index (χ1) is 9.23. The van der Waals surface area contributed by atoms with E-state index >= 15 is 0 Å². The summed E-state index contributed by atoms with van der Waals surface area (Å²) < 4.78 is 0. The van der Waals surface area contributed by atoms with E-state index in [-0.39, 0.29) is 24.8 Å². The fourth-order valence-corrected chi connectivity index (χ4v) is 3.96. The van der Waals surface area contributed by atoms with Gasteiger partial charge in [0.15, 0.2) is 0 Å². The fourth-order valence-electron chi connectivity index (χ4n) is 3.96. The quantitative estimate of drug-likeness (QED) is 0.825. The fraction of sp³-hybridized carbons (Fsp3) is 0.933. The van der Waals surface area contributed by atoms with Crippen LogP contribution in [0.15, 0.2) is 0 Å². The molecule has 3 aliphatic rings. The van der Waals surface area contributed by atoms with Crippen LogP contribution in [0.1, 0.15) is 39.0 Å². The molecule has 1 aliphatic carbocycles. The monoisotopic (exact) mass is 337 g/mol. The smallest absolute Gasteiger partial charge is 0.223 e. The molecular formula is C15H29Cl2N3O. The normalized spacial score (nSPS) is 30.9. The van der Waals surface area contributed by atoms with Gasteiger partial charge in [-0.25, -0.2) is 0 Å². The Hall–Kier alpha value is -0.0300. The van der Waals surface area contributed by atoms with Crippen LogP contribution in [-0.4, -0.2) is 49.6 Å². The first-order valence-corrected chi connectivity index (χ1v) is 7.97.